The molecular formula is C14H19N7O7. The summed E-state index contributed by atoms with van der Waals surface area (Å²) in [4.78, 5) is 45.4. The fourth-order valence-electron chi connectivity index (χ4n) is 2.71. The molecule has 0 saturated carbocycles. The molecule has 0 unspecified atom stereocenters. The van der Waals surface area contributed by atoms with Crippen molar-refractivity contribution in [3.63, 3.8) is 0 Å². The fraction of sp³-hybridized carbons (Fsp3) is 0.500. The number of fused-ring (bicyclic) bond motifs is 1. The first-order valence-corrected chi connectivity index (χ1v) is 8.21. The van der Waals surface area contributed by atoms with Gasteiger partial charge < -0.3 is 31.1 Å². The molecule has 8 N–H and O–H groups in total. The molecule has 14 nitrogen and oxygen atoms in total. The Morgan fingerprint density at radius 2 is 2.07 bits per heavy atom. The van der Waals surface area contributed by atoms with E-state index in [1.165, 1.54) is 10.9 Å². The number of hydrogen-bond acceptors (Lipinski definition) is 10. The van der Waals surface area contributed by atoms with E-state index in [9.17, 15) is 29.7 Å². The molecule has 1 aliphatic heterocycles. The summed E-state index contributed by atoms with van der Waals surface area (Å²) in [5.74, 6) is -1.42. The van der Waals surface area contributed by atoms with Crippen LogP contribution in [0.3, 0.4) is 0 Å². The second kappa shape index (κ2) is 7.99. The van der Waals surface area contributed by atoms with Crippen LogP contribution in [-0.4, -0.2) is 84.7 Å². The lowest BCUT2D eigenvalue weighted by atomic mass is 10.1. The maximum absolute atomic E-state index is 12.2. The number of rotatable bonds is 6. The van der Waals surface area contributed by atoms with E-state index in [2.05, 4.69) is 25.6 Å². The zero-order valence-corrected chi connectivity index (χ0v) is 14.4. The van der Waals surface area contributed by atoms with Gasteiger partial charge in [-0.2, -0.15) is 4.98 Å². The average molecular weight is 397 g/mol. The zero-order valence-electron chi connectivity index (χ0n) is 14.4. The van der Waals surface area contributed by atoms with Gasteiger partial charge in [0.1, 0.15) is 18.3 Å². The minimum atomic E-state index is -1.40. The molecular weight excluding hydrogens is 378 g/mol. The minimum absolute atomic E-state index is 0.0279. The third-order valence-corrected chi connectivity index (χ3v) is 4.11. The van der Waals surface area contributed by atoms with Crippen LogP contribution in [0.1, 0.15) is 6.23 Å². The molecule has 0 spiro atoms. The number of aliphatic hydroxyl groups is 3. The van der Waals surface area contributed by atoms with Crippen molar-refractivity contribution in [3.8, 4) is 0 Å². The SMILES string of the molecule is NCC(=O)NCC(=O)Nc1nc2c(ncn2[C@@H]2O[C@H](CO)[C@@H](O)[C@H]2O)c(=O)[nH]1. The van der Waals surface area contributed by atoms with E-state index in [4.69, 9.17) is 10.5 Å². The molecule has 0 aromatic carbocycles. The van der Waals surface area contributed by atoms with Gasteiger partial charge in [0.15, 0.2) is 17.4 Å². The number of carbonyl (C=O) groups is 2. The van der Waals surface area contributed by atoms with E-state index < -0.39 is 48.5 Å². The molecule has 152 valence electrons. The molecule has 2 aromatic rings. The Bertz CT molecular complexity index is 942. The smallest absolute Gasteiger partial charge is 0.280 e. The maximum atomic E-state index is 12.2. The van der Waals surface area contributed by atoms with Gasteiger partial charge in [0.25, 0.3) is 5.56 Å². The van der Waals surface area contributed by atoms with Gasteiger partial charge in [-0.05, 0) is 0 Å². The first kappa shape index (κ1) is 19.8. The number of aromatic amines is 1. The van der Waals surface area contributed by atoms with Crippen LogP contribution in [0.15, 0.2) is 11.1 Å². The second-order valence-electron chi connectivity index (χ2n) is 6.00. The molecule has 2 aromatic heterocycles. The van der Waals surface area contributed by atoms with Gasteiger partial charge in [-0.15, -0.1) is 0 Å². The number of aliphatic hydroxyl groups excluding tert-OH is 3. The second-order valence-corrected chi connectivity index (χ2v) is 6.00. The van der Waals surface area contributed by atoms with Gasteiger partial charge in [0, 0.05) is 0 Å². The highest BCUT2D eigenvalue weighted by Crippen LogP contribution is 2.30. The van der Waals surface area contributed by atoms with Gasteiger partial charge in [-0.3, -0.25) is 29.3 Å². The Balaban J connectivity index is 1.86. The van der Waals surface area contributed by atoms with Crippen molar-refractivity contribution in [2.45, 2.75) is 24.5 Å². The molecule has 0 bridgehead atoms. The van der Waals surface area contributed by atoms with Gasteiger partial charge in [-0.1, -0.05) is 0 Å². The maximum Gasteiger partial charge on any atom is 0.280 e. The highest BCUT2D eigenvalue weighted by atomic mass is 16.6. The largest absolute Gasteiger partial charge is 0.394 e. The Labute approximate surface area is 156 Å². The van der Waals surface area contributed by atoms with Crippen molar-refractivity contribution in [3.05, 3.63) is 16.7 Å². The number of nitrogens with one attached hydrogen (secondary N) is 3. The van der Waals surface area contributed by atoms with E-state index in [1.807, 2.05) is 0 Å². The Hall–Kier alpha value is -2.91. The van der Waals surface area contributed by atoms with Crippen LogP contribution in [0.4, 0.5) is 5.95 Å². The van der Waals surface area contributed by atoms with Gasteiger partial charge in [-0.25, -0.2) is 4.98 Å². The number of nitrogens with two attached hydrogens (primary N) is 1. The standard InChI is InChI=1S/C14H19N7O7/c15-1-6(23)16-2-7(24)18-14-19-11-8(12(27)20-14)17-4-21(11)13-10(26)9(25)5(3-22)28-13/h4-5,9-10,13,22,25-26H,1-3,15H2,(H,16,23)(H2,18,19,20,24,27)/t5-,9-,10-,13-/m1/s1. The highest BCUT2D eigenvalue weighted by Gasteiger charge is 2.44. The van der Waals surface area contributed by atoms with E-state index in [1.54, 1.807) is 0 Å². The van der Waals surface area contributed by atoms with Crippen LogP contribution < -0.4 is 21.9 Å². The Kier molecular flexibility index (Phi) is 5.66. The van der Waals surface area contributed by atoms with Crippen LogP contribution >= 0.6 is 0 Å². The molecule has 3 rings (SSSR count). The summed E-state index contributed by atoms with van der Waals surface area (Å²) in [7, 11) is 0. The summed E-state index contributed by atoms with van der Waals surface area (Å²) in [5, 5.41) is 33.8. The number of ether oxygens (including phenoxy) is 1. The van der Waals surface area contributed by atoms with E-state index in [0.29, 0.717) is 0 Å². The lowest BCUT2D eigenvalue weighted by molar-refractivity contribution is -0.123. The molecule has 1 fully saturated rings. The number of carbonyl (C=O) groups excluding carboxylic acids is 2. The van der Waals surface area contributed by atoms with E-state index in [0.717, 1.165) is 0 Å². The van der Waals surface area contributed by atoms with Gasteiger partial charge >= 0.3 is 0 Å². The predicted molar refractivity (Wildman–Crippen MR) is 91.9 cm³/mol. The molecule has 0 aliphatic carbocycles. The van der Waals surface area contributed by atoms with Crippen LogP contribution in [0.5, 0.6) is 0 Å². The van der Waals surface area contributed by atoms with Crippen molar-refractivity contribution < 1.29 is 29.6 Å². The summed E-state index contributed by atoms with van der Waals surface area (Å²) in [6.45, 7) is -1.19. The number of hydrogen-bond donors (Lipinski definition) is 7. The summed E-state index contributed by atoms with van der Waals surface area (Å²) >= 11 is 0. The molecule has 4 atom stereocenters. The van der Waals surface area contributed by atoms with E-state index in [-0.39, 0.29) is 30.2 Å². The lowest BCUT2D eigenvalue weighted by Crippen LogP contribution is -2.37. The number of H-pyrrole nitrogens is 1. The molecule has 1 saturated heterocycles. The van der Waals surface area contributed by atoms with Crippen molar-refractivity contribution in [1.82, 2.24) is 24.8 Å². The Morgan fingerprint density at radius 1 is 1.32 bits per heavy atom. The first-order chi connectivity index (χ1) is 13.3. The van der Waals surface area contributed by atoms with Gasteiger partial charge in [0.2, 0.25) is 17.8 Å². The first-order valence-electron chi connectivity index (χ1n) is 8.21. The van der Waals surface area contributed by atoms with E-state index >= 15 is 0 Å². The van der Waals surface area contributed by atoms with Crippen molar-refractivity contribution >= 4 is 28.9 Å². The van der Waals surface area contributed by atoms with Crippen LogP contribution in [0, 0.1) is 0 Å². The van der Waals surface area contributed by atoms with Crippen molar-refractivity contribution in [2.24, 2.45) is 5.73 Å². The van der Waals surface area contributed by atoms with Crippen LogP contribution in [0.25, 0.3) is 11.2 Å². The summed E-state index contributed by atoms with van der Waals surface area (Å²) in [6.07, 6.45) is -3.75. The quantitative estimate of drug-likeness (QED) is 0.249. The average Bonchev–Trinajstić information content (AvgIpc) is 3.21. The lowest BCUT2D eigenvalue weighted by Gasteiger charge is -2.16. The van der Waals surface area contributed by atoms with Gasteiger partial charge in [0.05, 0.1) is 26.0 Å². The monoisotopic (exact) mass is 397 g/mol. The molecule has 1 aliphatic rings. The van der Waals surface area contributed by atoms with Crippen molar-refractivity contribution in [1.29, 1.82) is 0 Å². The van der Waals surface area contributed by atoms with Crippen molar-refractivity contribution in [2.75, 3.05) is 25.0 Å². The highest BCUT2D eigenvalue weighted by molar-refractivity contribution is 5.93. The molecule has 14 heteroatoms. The number of nitrogens with zero attached hydrogens (tertiary/aromatic N) is 3. The van der Waals surface area contributed by atoms with Crippen LogP contribution in [0.2, 0.25) is 0 Å². The normalized spacial score (nSPS) is 24.4. The topological polar surface area (TPSA) is 218 Å². The molecule has 3 heterocycles. The number of imidazole rings is 1. The summed E-state index contributed by atoms with van der Waals surface area (Å²) in [5.41, 5.74) is 4.33. The predicted octanol–water partition coefficient (Wildman–Crippen LogP) is -4.26. The van der Waals surface area contributed by atoms with Crippen LogP contribution in [-0.2, 0) is 14.3 Å². The number of anilines is 1. The zero-order chi connectivity index (χ0) is 20.4. The minimum Gasteiger partial charge on any atom is -0.394 e. The molecule has 0 radical (unpaired) electrons. The summed E-state index contributed by atoms with van der Waals surface area (Å²) in [6, 6.07) is 0. The molecule has 2 amide bonds. The third kappa shape index (κ3) is 3.71. The number of aromatic nitrogens is 4. The fourth-order valence-corrected chi connectivity index (χ4v) is 2.71. The third-order valence-electron chi connectivity index (χ3n) is 4.11. The molecule has 28 heavy (non-hydrogen) atoms. The Morgan fingerprint density at radius 3 is 2.71 bits per heavy atom. The number of amides is 2. The summed E-state index contributed by atoms with van der Waals surface area (Å²) < 4.78 is 6.61.